The summed E-state index contributed by atoms with van der Waals surface area (Å²) in [7, 11) is 1.98. The first kappa shape index (κ1) is 15.0. The van der Waals surface area contributed by atoms with Gasteiger partial charge in [-0.3, -0.25) is 0 Å². The van der Waals surface area contributed by atoms with Crippen LogP contribution in [0, 0.1) is 6.92 Å². The molecule has 2 aromatic heterocycles. The van der Waals surface area contributed by atoms with Gasteiger partial charge in [0.25, 0.3) is 0 Å². The number of anilines is 2. The van der Waals surface area contributed by atoms with Gasteiger partial charge in [-0.25, -0.2) is 19.7 Å². The number of rotatable bonds is 4. The fourth-order valence-electron chi connectivity index (χ4n) is 2.24. The summed E-state index contributed by atoms with van der Waals surface area (Å²) in [5.41, 5.74) is 3.12. The molecule has 0 radical (unpaired) electrons. The summed E-state index contributed by atoms with van der Waals surface area (Å²) < 4.78 is 6.93. The maximum absolute atomic E-state index is 11.6. The van der Waals surface area contributed by atoms with Crippen molar-refractivity contribution in [3.63, 3.8) is 0 Å². The number of esters is 1. The molecule has 3 rings (SSSR count). The van der Waals surface area contributed by atoms with Crippen molar-refractivity contribution in [2.75, 3.05) is 11.9 Å². The zero-order valence-corrected chi connectivity index (χ0v) is 13.2. The monoisotopic (exact) mass is 311 g/mol. The van der Waals surface area contributed by atoms with Gasteiger partial charge in [0.2, 0.25) is 5.95 Å². The lowest BCUT2D eigenvalue weighted by Crippen LogP contribution is -2.06. The Bertz CT molecular complexity index is 855. The average Bonchev–Trinajstić information content (AvgIpc) is 2.82. The second-order valence-corrected chi connectivity index (χ2v) is 5.06. The van der Waals surface area contributed by atoms with Crippen molar-refractivity contribution in [2.45, 2.75) is 13.8 Å². The average molecular weight is 311 g/mol. The van der Waals surface area contributed by atoms with Crippen LogP contribution >= 0.6 is 0 Å². The Morgan fingerprint density at radius 3 is 2.74 bits per heavy atom. The SMILES string of the molecule is CCOC(=O)c1cnc(Nc2ccc3c(c2)nc(C)n3C)nc1. The lowest BCUT2D eigenvalue weighted by atomic mass is 10.3. The maximum atomic E-state index is 11.6. The Kier molecular flexibility index (Phi) is 3.92. The Morgan fingerprint density at radius 2 is 2.04 bits per heavy atom. The van der Waals surface area contributed by atoms with Crippen molar-refractivity contribution in [3.8, 4) is 0 Å². The highest BCUT2D eigenvalue weighted by molar-refractivity contribution is 5.88. The van der Waals surface area contributed by atoms with Gasteiger partial charge < -0.3 is 14.6 Å². The van der Waals surface area contributed by atoms with Gasteiger partial charge in [-0.2, -0.15) is 0 Å². The molecule has 0 aliphatic carbocycles. The van der Waals surface area contributed by atoms with E-state index in [-0.39, 0.29) is 0 Å². The van der Waals surface area contributed by atoms with E-state index in [1.807, 2.05) is 36.7 Å². The molecule has 23 heavy (non-hydrogen) atoms. The van der Waals surface area contributed by atoms with Crippen LogP contribution in [0.25, 0.3) is 11.0 Å². The van der Waals surface area contributed by atoms with Crippen molar-refractivity contribution in [3.05, 3.63) is 42.0 Å². The molecule has 0 unspecified atom stereocenters. The zero-order valence-electron chi connectivity index (χ0n) is 13.2. The number of nitrogens with one attached hydrogen (secondary N) is 1. The highest BCUT2D eigenvalue weighted by Crippen LogP contribution is 2.21. The largest absolute Gasteiger partial charge is 0.462 e. The molecular weight excluding hydrogens is 294 g/mol. The van der Waals surface area contributed by atoms with Gasteiger partial charge in [0.15, 0.2) is 0 Å². The van der Waals surface area contributed by atoms with Gasteiger partial charge >= 0.3 is 5.97 Å². The van der Waals surface area contributed by atoms with E-state index in [1.165, 1.54) is 12.4 Å². The van der Waals surface area contributed by atoms with Crippen LogP contribution in [-0.4, -0.2) is 32.1 Å². The summed E-state index contributed by atoms with van der Waals surface area (Å²) in [5, 5.41) is 3.10. The number of aromatic nitrogens is 4. The third kappa shape index (κ3) is 2.98. The third-order valence-electron chi connectivity index (χ3n) is 3.52. The first-order chi connectivity index (χ1) is 11.1. The number of imidazole rings is 1. The predicted molar refractivity (Wildman–Crippen MR) is 86.7 cm³/mol. The van der Waals surface area contributed by atoms with E-state index in [0.29, 0.717) is 18.1 Å². The van der Waals surface area contributed by atoms with Gasteiger partial charge in [-0.05, 0) is 32.0 Å². The van der Waals surface area contributed by atoms with Gasteiger partial charge in [-0.15, -0.1) is 0 Å². The first-order valence-corrected chi connectivity index (χ1v) is 7.27. The Balaban J connectivity index is 1.80. The van der Waals surface area contributed by atoms with Crippen LogP contribution in [0.5, 0.6) is 0 Å². The number of ether oxygens (including phenoxy) is 1. The molecule has 0 bridgehead atoms. The number of aryl methyl sites for hydroxylation is 2. The van der Waals surface area contributed by atoms with Crippen LogP contribution in [-0.2, 0) is 11.8 Å². The second kappa shape index (κ2) is 6.04. The topological polar surface area (TPSA) is 81.9 Å². The molecule has 7 heteroatoms. The molecule has 0 fully saturated rings. The number of hydrogen-bond acceptors (Lipinski definition) is 6. The quantitative estimate of drug-likeness (QED) is 0.746. The van der Waals surface area contributed by atoms with E-state index in [4.69, 9.17) is 4.74 Å². The number of fused-ring (bicyclic) bond motifs is 1. The third-order valence-corrected chi connectivity index (χ3v) is 3.52. The molecule has 0 amide bonds. The molecule has 0 aliphatic rings. The Morgan fingerprint density at radius 1 is 1.30 bits per heavy atom. The minimum atomic E-state index is -0.426. The van der Waals surface area contributed by atoms with Crippen LogP contribution in [0.15, 0.2) is 30.6 Å². The number of nitrogens with zero attached hydrogens (tertiary/aromatic N) is 4. The van der Waals surface area contributed by atoms with Crippen molar-refractivity contribution in [2.24, 2.45) is 7.05 Å². The van der Waals surface area contributed by atoms with E-state index in [0.717, 1.165) is 22.5 Å². The Hall–Kier alpha value is -2.96. The summed E-state index contributed by atoms with van der Waals surface area (Å²) >= 11 is 0. The standard InChI is InChI=1S/C16H17N5O2/c1-4-23-15(22)11-8-17-16(18-9-11)20-12-5-6-14-13(7-12)19-10(2)21(14)3/h5-9H,4H2,1-3H3,(H,17,18,20). The molecule has 0 spiro atoms. The molecule has 3 aromatic rings. The lowest BCUT2D eigenvalue weighted by Gasteiger charge is -2.06. The predicted octanol–water partition coefficient (Wildman–Crippen LogP) is 2.59. The summed E-state index contributed by atoms with van der Waals surface area (Å²) in [6.45, 7) is 4.04. The molecule has 7 nitrogen and oxygen atoms in total. The molecule has 2 heterocycles. The zero-order chi connectivity index (χ0) is 16.4. The molecule has 0 saturated carbocycles. The van der Waals surface area contributed by atoms with Crippen LogP contribution in [0.2, 0.25) is 0 Å². The maximum Gasteiger partial charge on any atom is 0.341 e. The van der Waals surface area contributed by atoms with E-state index in [1.54, 1.807) is 6.92 Å². The van der Waals surface area contributed by atoms with Gasteiger partial charge in [0, 0.05) is 25.1 Å². The summed E-state index contributed by atoms with van der Waals surface area (Å²) in [6.07, 6.45) is 2.88. The van der Waals surface area contributed by atoms with Gasteiger partial charge in [-0.1, -0.05) is 0 Å². The number of benzene rings is 1. The normalized spacial score (nSPS) is 10.7. The highest BCUT2D eigenvalue weighted by atomic mass is 16.5. The van der Waals surface area contributed by atoms with Gasteiger partial charge in [0.1, 0.15) is 5.82 Å². The smallest absolute Gasteiger partial charge is 0.341 e. The number of carbonyl (C=O) groups excluding carboxylic acids is 1. The molecule has 0 saturated heterocycles. The van der Waals surface area contributed by atoms with Crippen LogP contribution in [0.4, 0.5) is 11.6 Å². The fourth-order valence-corrected chi connectivity index (χ4v) is 2.24. The second-order valence-electron chi connectivity index (χ2n) is 5.06. The van der Waals surface area contributed by atoms with E-state index in [9.17, 15) is 4.79 Å². The molecule has 0 aliphatic heterocycles. The van der Waals surface area contributed by atoms with Crippen LogP contribution in [0.1, 0.15) is 23.1 Å². The summed E-state index contributed by atoms with van der Waals surface area (Å²) in [6, 6.07) is 5.86. The van der Waals surface area contributed by atoms with E-state index >= 15 is 0 Å². The van der Waals surface area contributed by atoms with E-state index < -0.39 is 5.97 Å². The fraction of sp³-hybridized carbons (Fsp3) is 0.250. The van der Waals surface area contributed by atoms with Crippen LogP contribution < -0.4 is 5.32 Å². The molecular formula is C16H17N5O2. The summed E-state index contributed by atoms with van der Waals surface area (Å²) in [5.74, 6) is 0.932. The number of carbonyl (C=O) groups is 1. The number of hydrogen-bond donors (Lipinski definition) is 1. The van der Waals surface area contributed by atoms with Crippen molar-refractivity contribution in [1.82, 2.24) is 19.5 Å². The molecule has 1 aromatic carbocycles. The molecule has 118 valence electrons. The lowest BCUT2D eigenvalue weighted by molar-refractivity contribution is 0.0525. The van der Waals surface area contributed by atoms with E-state index in [2.05, 4.69) is 20.3 Å². The molecule has 0 atom stereocenters. The Labute approximate surface area is 133 Å². The minimum absolute atomic E-state index is 0.322. The van der Waals surface area contributed by atoms with Crippen molar-refractivity contribution >= 4 is 28.6 Å². The molecule has 1 N–H and O–H groups in total. The van der Waals surface area contributed by atoms with Crippen LogP contribution in [0.3, 0.4) is 0 Å². The minimum Gasteiger partial charge on any atom is -0.462 e. The van der Waals surface area contributed by atoms with Crippen molar-refractivity contribution < 1.29 is 9.53 Å². The highest BCUT2D eigenvalue weighted by Gasteiger charge is 2.09. The summed E-state index contributed by atoms with van der Waals surface area (Å²) in [4.78, 5) is 24.3. The van der Waals surface area contributed by atoms with Crippen molar-refractivity contribution in [1.29, 1.82) is 0 Å². The first-order valence-electron chi connectivity index (χ1n) is 7.27. The van der Waals surface area contributed by atoms with Gasteiger partial charge in [0.05, 0.1) is 23.2 Å².